The van der Waals surface area contributed by atoms with Crippen LogP contribution in [0.1, 0.15) is 48.7 Å². The molecule has 45 heavy (non-hydrogen) atoms. The molecule has 1 unspecified atom stereocenters. The zero-order valence-corrected chi connectivity index (χ0v) is 26.3. The normalized spacial score (nSPS) is 19.2. The van der Waals surface area contributed by atoms with Crippen LogP contribution in [-0.2, 0) is 14.3 Å². The average Bonchev–Trinajstić information content (AvgIpc) is 3.18. The van der Waals surface area contributed by atoms with E-state index in [0.717, 1.165) is 47.2 Å². The van der Waals surface area contributed by atoms with Crippen molar-refractivity contribution in [2.45, 2.75) is 32.7 Å². The average molecular weight is 609 g/mol. The number of carbonyl (C=O) groups is 3. The van der Waals surface area contributed by atoms with E-state index in [-0.39, 0.29) is 23.7 Å². The van der Waals surface area contributed by atoms with Crippen LogP contribution >= 0.6 is 0 Å². The molecule has 3 aliphatic rings. The largest absolute Gasteiger partial charge is 0.497 e. The molecule has 1 aliphatic carbocycles. The van der Waals surface area contributed by atoms with Gasteiger partial charge in [0, 0.05) is 49.6 Å². The Balaban J connectivity index is 1.33. The number of allylic oxidation sites excluding steroid dienone is 1. The first kappa shape index (κ1) is 30.2. The molecule has 2 aliphatic heterocycles. The number of nitrogens with one attached hydrogen (secondary N) is 1. The van der Waals surface area contributed by atoms with E-state index in [9.17, 15) is 14.4 Å². The number of para-hydroxylation sites is 2. The Kier molecular flexibility index (Phi) is 8.27. The molecule has 3 aromatic rings. The quantitative estimate of drug-likeness (QED) is 0.370. The highest BCUT2D eigenvalue weighted by Crippen LogP contribution is 2.48. The summed E-state index contributed by atoms with van der Waals surface area (Å²) in [5.74, 6) is 0.454. The Morgan fingerprint density at radius 3 is 2.24 bits per heavy atom. The molecule has 9 heteroatoms. The van der Waals surface area contributed by atoms with Gasteiger partial charge < -0.3 is 29.5 Å². The van der Waals surface area contributed by atoms with Crippen LogP contribution in [0.15, 0.2) is 84.1 Å². The number of rotatable bonds is 6. The Bertz CT molecular complexity index is 1620. The molecule has 1 N–H and O–H groups in total. The molecule has 1 saturated heterocycles. The van der Waals surface area contributed by atoms with Crippen molar-refractivity contribution >= 4 is 34.7 Å². The summed E-state index contributed by atoms with van der Waals surface area (Å²) in [6.07, 6.45) is 1.12. The van der Waals surface area contributed by atoms with Crippen molar-refractivity contribution in [1.82, 2.24) is 4.90 Å². The molecule has 2 heterocycles. The van der Waals surface area contributed by atoms with Gasteiger partial charge in [0.2, 0.25) is 5.91 Å². The molecular weight excluding hydrogens is 568 g/mol. The van der Waals surface area contributed by atoms with Gasteiger partial charge in [-0.2, -0.15) is 0 Å². The van der Waals surface area contributed by atoms with E-state index in [1.165, 1.54) is 7.11 Å². The van der Waals surface area contributed by atoms with E-state index >= 15 is 0 Å². The van der Waals surface area contributed by atoms with Crippen LogP contribution in [0, 0.1) is 5.41 Å². The number of methoxy groups -OCH3 is 2. The lowest BCUT2D eigenvalue weighted by molar-refractivity contribution is -0.130. The van der Waals surface area contributed by atoms with Crippen molar-refractivity contribution in [3.63, 3.8) is 0 Å². The van der Waals surface area contributed by atoms with Gasteiger partial charge in [-0.15, -0.1) is 0 Å². The molecule has 0 bridgehead atoms. The SMILES string of the molecule is COC(=O)c1ccc(C2C3=C(CC(C)(C)CC3=O)Nc3ccccc3N2CC(=O)N2CCN(c3ccc(OC)cc3)CC2)cc1. The van der Waals surface area contributed by atoms with Gasteiger partial charge in [0.1, 0.15) is 5.75 Å². The number of nitrogens with zero attached hydrogens (tertiary/aromatic N) is 3. The maximum atomic E-state index is 14.1. The predicted octanol–water partition coefficient (Wildman–Crippen LogP) is 5.45. The lowest BCUT2D eigenvalue weighted by Gasteiger charge is -2.40. The second-order valence-corrected chi connectivity index (χ2v) is 12.7. The monoisotopic (exact) mass is 608 g/mol. The van der Waals surface area contributed by atoms with Crippen LogP contribution in [0.3, 0.4) is 0 Å². The third-order valence-electron chi connectivity index (χ3n) is 9.03. The third kappa shape index (κ3) is 6.12. The maximum Gasteiger partial charge on any atom is 0.337 e. The predicted molar refractivity (Wildman–Crippen MR) is 175 cm³/mol. The summed E-state index contributed by atoms with van der Waals surface area (Å²) in [6.45, 7) is 6.95. The van der Waals surface area contributed by atoms with Gasteiger partial charge in [0.25, 0.3) is 0 Å². The van der Waals surface area contributed by atoms with Crippen molar-refractivity contribution in [2.24, 2.45) is 5.41 Å². The third-order valence-corrected chi connectivity index (χ3v) is 9.03. The van der Waals surface area contributed by atoms with Crippen molar-refractivity contribution in [3.05, 3.63) is 95.2 Å². The standard InChI is InChI=1S/C36H40N4O5/c1-36(2)21-29-33(31(41)22-36)34(24-9-11-25(12-10-24)35(43)45-4)40(30-8-6-5-7-28(30)37-29)23-32(42)39-19-17-38(18-20-39)26-13-15-27(44-3)16-14-26/h5-16,34,37H,17-23H2,1-4H3. The lowest BCUT2D eigenvalue weighted by atomic mass is 9.73. The molecule has 0 saturated carbocycles. The minimum absolute atomic E-state index is 0.00278. The number of amides is 1. The Morgan fingerprint density at radius 1 is 0.889 bits per heavy atom. The number of Topliss-reactive ketones (excluding diaryl/α,β-unsaturated/α-hetero) is 1. The number of piperazine rings is 1. The van der Waals surface area contributed by atoms with E-state index in [4.69, 9.17) is 9.47 Å². The molecular formula is C36H40N4O5. The molecule has 1 fully saturated rings. The smallest absolute Gasteiger partial charge is 0.337 e. The molecule has 9 nitrogen and oxygen atoms in total. The first-order valence-electron chi connectivity index (χ1n) is 15.4. The fourth-order valence-corrected chi connectivity index (χ4v) is 6.75. The van der Waals surface area contributed by atoms with Gasteiger partial charge in [0.05, 0.1) is 43.7 Å². The molecule has 6 rings (SSSR count). The molecule has 0 radical (unpaired) electrons. The second kappa shape index (κ2) is 12.3. The number of ether oxygens (including phenoxy) is 2. The van der Waals surface area contributed by atoms with Crippen molar-refractivity contribution in [1.29, 1.82) is 0 Å². The van der Waals surface area contributed by atoms with Crippen LogP contribution < -0.4 is 19.9 Å². The minimum atomic E-state index is -0.518. The van der Waals surface area contributed by atoms with E-state index < -0.39 is 12.0 Å². The van der Waals surface area contributed by atoms with E-state index in [2.05, 4.69) is 29.0 Å². The summed E-state index contributed by atoms with van der Waals surface area (Å²) in [4.78, 5) is 46.6. The zero-order valence-electron chi connectivity index (χ0n) is 26.3. The fourth-order valence-electron chi connectivity index (χ4n) is 6.75. The number of esters is 1. The lowest BCUT2D eigenvalue weighted by Crippen LogP contribution is -2.52. The van der Waals surface area contributed by atoms with E-state index in [1.807, 2.05) is 65.6 Å². The Morgan fingerprint density at radius 2 is 1.58 bits per heavy atom. The highest BCUT2D eigenvalue weighted by Gasteiger charge is 2.42. The number of carbonyl (C=O) groups excluding carboxylic acids is 3. The summed E-state index contributed by atoms with van der Waals surface area (Å²) in [5.41, 5.74) is 5.43. The van der Waals surface area contributed by atoms with Gasteiger partial charge in [-0.25, -0.2) is 4.79 Å². The molecule has 0 spiro atoms. The number of hydrogen-bond donors (Lipinski definition) is 1. The number of hydrogen-bond acceptors (Lipinski definition) is 8. The van der Waals surface area contributed by atoms with Crippen molar-refractivity contribution in [2.75, 3.05) is 62.1 Å². The number of ketones is 1. The highest BCUT2D eigenvalue weighted by atomic mass is 16.5. The van der Waals surface area contributed by atoms with Crippen LogP contribution in [0.25, 0.3) is 0 Å². The summed E-state index contributed by atoms with van der Waals surface area (Å²) in [7, 11) is 3.01. The zero-order chi connectivity index (χ0) is 31.7. The number of anilines is 3. The molecule has 234 valence electrons. The summed E-state index contributed by atoms with van der Waals surface area (Å²) in [5, 5.41) is 3.60. The Labute approximate surface area is 264 Å². The van der Waals surface area contributed by atoms with Gasteiger partial charge in [-0.05, 0) is 65.9 Å². The fraction of sp³-hybridized carbons (Fsp3) is 0.361. The maximum absolute atomic E-state index is 14.1. The van der Waals surface area contributed by atoms with Crippen LogP contribution in [-0.4, -0.2) is 69.5 Å². The van der Waals surface area contributed by atoms with Gasteiger partial charge in [-0.3, -0.25) is 9.59 Å². The number of benzene rings is 3. The van der Waals surface area contributed by atoms with Crippen molar-refractivity contribution in [3.8, 4) is 5.75 Å². The molecule has 3 aromatic carbocycles. The van der Waals surface area contributed by atoms with E-state index in [1.54, 1.807) is 19.2 Å². The van der Waals surface area contributed by atoms with Gasteiger partial charge in [0.15, 0.2) is 5.78 Å². The molecule has 1 atom stereocenters. The van der Waals surface area contributed by atoms with Gasteiger partial charge >= 0.3 is 5.97 Å². The summed E-state index contributed by atoms with van der Waals surface area (Å²) >= 11 is 0. The van der Waals surface area contributed by atoms with Crippen LogP contribution in [0.4, 0.5) is 17.1 Å². The molecule has 0 aromatic heterocycles. The van der Waals surface area contributed by atoms with Crippen LogP contribution in [0.2, 0.25) is 0 Å². The van der Waals surface area contributed by atoms with E-state index in [0.29, 0.717) is 37.1 Å². The minimum Gasteiger partial charge on any atom is -0.497 e. The van der Waals surface area contributed by atoms with Gasteiger partial charge in [-0.1, -0.05) is 38.1 Å². The van der Waals surface area contributed by atoms with Crippen LogP contribution in [0.5, 0.6) is 5.75 Å². The topological polar surface area (TPSA) is 91.4 Å². The highest BCUT2D eigenvalue weighted by molar-refractivity contribution is 6.02. The second-order valence-electron chi connectivity index (χ2n) is 12.7. The summed E-state index contributed by atoms with van der Waals surface area (Å²) in [6, 6.07) is 22.6. The Hall–Kier alpha value is -4.79. The van der Waals surface area contributed by atoms with Crippen molar-refractivity contribution < 1.29 is 23.9 Å². The number of fused-ring (bicyclic) bond motifs is 1. The summed E-state index contributed by atoms with van der Waals surface area (Å²) < 4.78 is 10.2. The first-order chi connectivity index (χ1) is 21.7. The first-order valence-corrected chi connectivity index (χ1v) is 15.4. The molecule has 1 amide bonds.